The van der Waals surface area contributed by atoms with Crippen molar-refractivity contribution in [3.8, 4) is 0 Å². The summed E-state index contributed by atoms with van der Waals surface area (Å²) >= 11 is 5.67. The molecule has 3 rings (SSSR count). The first-order chi connectivity index (χ1) is 14.3. The number of rotatable bonds is 4. The molecule has 0 saturated carbocycles. The van der Waals surface area contributed by atoms with Gasteiger partial charge in [0.25, 0.3) is 0 Å². The van der Waals surface area contributed by atoms with Gasteiger partial charge in [-0.2, -0.15) is 0 Å². The molecule has 0 aliphatic carbocycles. The van der Waals surface area contributed by atoms with Gasteiger partial charge in [-0.1, -0.05) is 18.2 Å². The number of carbonyl (C=O) groups excluding carboxylic acids is 2. The van der Waals surface area contributed by atoms with Crippen LogP contribution in [-0.4, -0.2) is 31.3 Å². The van der Waals surface area contributed by atoms with E-state index in [9.17, 15) is 9.59 Å². The maximum atomic E-state index is 12.7. The number of hydrogen-bond acceptors (Lipinski definition) is 5. The normalized spacial score (nSPS) is 16.2. The highest BCUT2D eigenvalue weighted by molar-refractivity contribution is 7.80. The van der Waals surface area contributed by atoms with Crippen LogP contribution in [0.15, 0.2) is 53.7 Å². The van der Waals surface area contributed by atoms with E-state index in [-0.39, 0.29) is 0 Å². The van der Waals surface area contributed by atoms with Crippen molar-refractivity contribution < 1.29 is 19.1 Å². The first kappa shape index (κ1) is 21.5. The molecule has 1 heterocycles. The van der Waals surface area contributed by atoms with Crippen molar-refractivity contribution >= 4 is 35.0 Å². The van der Waals surface area contributed by atoms with Crippen LogP contribution in [0.3, 0.4) is 0 Å². The zero-order chi connectivity index (χ0) is 22.0. The molecule has 1 unspecified atom stereocenters. The maximum absolute atomic E-state index is 12.7. The molecule has 1 atom stereocenters. The molecule has 2 aromatic rings. The predicted molar refractivity (Wildman–Crippen MR) is 119 cm³/mol. The number of methoxy groups -OCH3 is 2. The van der Waals surface area contributed by atoms with E-state index in [0.29, 0.717) is 21.9 Å². The van der Waals surface area contributed by atoms with Gasteiger partial charge >= 0.3 is 11.9 Å². The second-order valence-corrected chi connectivity index (χ2v) is 7.55. The third-order valence-electron chi connectivity index (χ3n) is 5.02. The molecule has 156 valence electrons. The molecule has 30 heavy (non-hydrogen) atoms. The Hall–Kier alpha value is -3.19. The van der Waals surface area contributed by atoms with E-state index in [1.54, 1.807) is 24.3 Å². The lowest BCUT2D eigenvalue weighted by atomic mass is 9.94. The summed E-state index contributed by atoms with van der Waals surface area (Å²) in [6.45, 7) is 5.89. The third-order valence-corrected chi connectivity index (χ3v) is 5.32. The number of hydrogen-bond donors (Lipinski definition) is 1. The van der Waals surface area contributed by atoms with Crippen LogP contribution in [0.2, 0.25) is 0 Å². The van der Waals surface area contributed by atoms with Crippen molar-refractivity contribution in [1.29, 1.82) is 0 Å². The van der Waals surface area contributed by atoms with Gasteiger partial charge in [0.2, 0.25) is 0 Å². The van der Waals surface area contributed by atoms with Crippen molar-refractivity contribution in [3.05, 3.63) is 76.0 Å². The average Bonchev–Trinajstić information content (AvgIpc) is 2.71. The van der Waals surface area contributed by atoms with E-state index in [4.69, 9.17) is 21.7 Å². The average molecular weight is 425 g/mol. The van der Waals surface area contributed by atoms with Gasteiger partial charge in [-0.3, -0.25) is 4.90 Å². The fourth-order valence-electron chi connectivity index (χ4n) is 3.69. The van der Waals surface area contributed by atoms with Crippen molar-refractivity contribution in [1.82, 2.24) is 5.32 Å². The summed E-state index contributed by atoms with van der Waals surface area (Å²) in [5.41, 5.74) is 5.43. The molecule has 0 amide bonds. The highest BCUT2D eigenvalue weighted by atomic mass is 32.1. The van der Waals surface area contributed by atoms with E-state index >= 15 is 0 Å². The fraction of sp³-hybridized carbons (Fsp3) is 0.261. The van der Waals surface area contributed by atoms with E-state index in [1.165, 1.54) is 14.2 Å². The quantitative estimate of drug-likeness (QED) is 0.588. The second kappa shape index (κ2) is 8.67. The van der Waals surface area contributed by atoms with Gasteiger partial charge in [0.15, 0.2) is 5.11 Å². The van der Waals surface area contributed by atoms with E-state index < -0.39 is 18.0 Å². The second-order valence-electron chi connectivity index (χ2n) is 7.17. The molecule has 1 aliphatic rings. The topological polar surface area (TPSA) is 67.9 Å². The largest absolute Gasteiger partial charge is 0.466 e. The Labute approximate surface area is 181 Å². The number of nitrogens with one attached hydrogen (secondary N) is 1. The number of ether oxygens (including phenoxy) is 2. The van der Waals surface area contributed by atoms with Crippen LogP contribution >= 0.6 is 12.2 Å². The number of carbonyl (C=O) groups is 2. The SMILES string of the molecule is COC(=O)C1=C(C)N(c2cc(C)cc(C)c2)C(=S)NC1c1ccc(C(=O)OC)cc1. The van der Waals surface area contributed by atoms with Crippen molar-refractivity contribution in [2.45, 2.75) is 26.8 Å². The van der Waals surface area contributed by atoms with Gasteiger partial charge in [-0.05, 0) is 73.9 Å². The van der Waals surface area contributed by atoms with Gasteiger partial charge in [-0.15, -0.1) is 0 Å². The Kier molecular flexibility index (Phi) is 6.22. The Balaban J connectivity index is 2.10. The van der Waals surface area contributed by atoms with Gasteiger partial charge in [-0.25, -0.2) is 9.59 Å². The Morgan fingerprint density at radius 1 is 0.933 bits per heavy atom. The lowest BCUT2D eigenvalue weighted by Crippen LogP contribution is -2.48. The summed E-state index contributed by atoms with van der Waals surface area (Å²) in [6.07, 6.45) is 0. The Morgan fingerprint density at radius 3 is 2.03 bits per heavy atom. The highest BCUT2D eigenvalue weighted by Gasteiger charge is 2.35. The first-order valence-electron chi connectivity index (χ1n) is 9.43. The van der Waals surface area contributed by atoms with Crippen molar-refractivity contribution in [2.75, 3.05) is 19.1 Å². The minimum absolute atomic E-state index is 0.422. The number of allylic oxidation sites excluding steroid dienone is 1. The molecule has 0 bridgehead atoms. The van der Waals surface area contributed by atoms with E-state index in [0.717, 1.165) is 22.4 Å². The number of thiocarbonyl (C=S) groups is 1. The molecule has 0 radical (unpaired) electrons. The van der Waals surface area contributed by atoms with E-state index in [1.807, 2.05) is 37.8 Å². The summed E-state index contributed by atoms with van der Waals surface area (Å²) in [5, 5.41) is 3.74. The molecule has 1 N–H and O–H groups in total. The number of benzene rings is 2. The van der Waals surface area contributed by atoms with E-state index in [2.05, 4.69) is 11.4 Å². The van der Waals surface area contributed by atoms with Gasteiger partial charge in [0, 0.05) is 11.4 Å². The van der Waals surface area contributed by atoms with Crippen LogP contribution in [0.5, 0.6) is 0 Å². The molecular formula is C23H24N2O4S. The van der Waals surface area contributed by atoms with Crippen LogP contribution in [0, 0.1) is 13.8 Å². The minimum atomic E-state index is -0.501. The molecule has 0 aromatic heterocycles. The number of aryl methyl sites for hydroxylation is 2. The highest BCUT2D eigenvalue weighted by Crippen LogP contribution is 2.35. The summed E-state index contributed by atoms with van der Waals surface area (Å²) in [7, 11) is 2.69. The first-order valence-corrected chi connectivity index (χ1v) is 9.84. The Morgan fingerprint density at radius 2 is 1.50 bits per heavy atom. The standard InChI is InChI=1S/C23H24N2O4S/c1-13-10-14(2)12-18(11-13)25-15(3)19(22(27)29-5)20(24-23(25)30)16-6-8-17(9-7-16)21(26)28-4/h6-12,20H,1-5H3,(H,24,30). The summed E-state index contributed by atoms with van der Waals surface area (Å²) in [4.78, 5) is 26.3. The minimum Gasteiger partial charge on any atom is -0.466 e. The number of nitrogens with zero attached hydrogens (tertiary/aromatic N) is 1. The zero-order valence-corrected chi connectivity index (χ0v) is 18.4. The zero-order valence-electron chi connectivity index (χ0n) is 17.6. The van der Waals surface area contributed by atoms with Crippen LogP contribution < -0.4 is 10.2 Å². The van der Waals surface area contributed by atoms with Gasteiger partial charge in [0.1, 0.15) is 0 Å². The van der Waals surface area contributed by atoms with Gasteiger partial charge in [0.05, 0.1) is 31.4 Å². The van der Waals surface area contributed by atoms with Crippen molar-refractivity contribution in [2.24, 2.45) is 0 Å². The molecule has 1 aliphatic heterocycles. The summed E-state index contributed by atoms with van der Waals surface area (Å²) in [5.74, 6) is -0.867. The predicted octanol–water partition coefficient (Wildman–Crippen LogP) is 3.97. The molecule has 6 nitrogen and oxygen atoms in total. The van der Waals surface area contributed by atoms with Crippen LogP contribution in [-0.2, 0) is 14.3 Å². The molecular weight excluding hydrogens is 400 g/mol. The Bertz CT molecular complexity index is 1020. The molecule has 2 aromatic carbocycles. The van der Waals surface area contributed by atoms with Gasteiger partial charge < -0.3 is 14.8 Å². The summed E-state index contributed by atoms with van der Waals surface area (Å²) < 4.78 is 9.83. The number of esters is 2. The maximum Gasteiger partial charge on any atom is 0.337 e. The smallest absolute Gasteiger partial charge is 0.337 e. The molecule has 7 heteroatoms. The third kappa shape index (κ3) is 4.07. The lowest BCUT2D eigenvalue weighted by molar-refractivity contribution is -0.136. The van der Waals surface area contributed by atoms with Crippen LogP contribution in [0.4, 0.5) is 5.69 Å². The lowest BCUT2D eigenvalue weighted by Gasteiger charge is -2.37. The van der Waals surface area contributed by atoms with Crippen LogP contribution in [0.25, 0.3) is 0 Å². The molecule has 0 fully saturated rings. The van der Waals surface area contributed by atoms with Crippen LogP contribution in [0.1, 0.15) is 40.0 Å². The van der Waals surface area contributed by atoms with Crippen molar-refractivity contribution in [3.63, 3.8) is 0 Å². The molecule has 0 saturated heterocycles. The summed E-state index contributed by atoms with van der Waals surface area (Å²) in [6, 6.07) is 12.5. The molecule has 0 spiro atoms. The monoisotopic (exact) mass is 424 g/mol. The number of anilines is 1. The fourth-order valence-corrected chi connectivity index (χ4v) is 4.05.